The number of benzene rings is 1. The van der Waals surface area contributed by atoms with Crippen LogP contribution < -0.4 is 5.32 Å². The molecule has 2 unspecified atom stereocenters. The lowest BCUT2D eigenvalue weighted by Gasteiger charge is -2.41. The maximum Gasteiger partial charge on any atom is 0.0311 e. The standard InChI is InChI=1S/C17H26BrNS/c1-4-11-19-14-9-10-17(2,3)12-16(14)20-15-8-6-5-7-13(15)18/h5-8,14,16,19H,4,9-12H2,1-3H3. The molecule has 1 nitrogen and oxygen atoms in total. The molecule has 0 amide bonds. The SMILES string of the molecule is CCCNC1CCC(C)(C)CC1Sc1ccccc1Br. The summed E-state index contributed by atoms with van der Waals surface area (Å²) in [5.74, 6) is 0. The predicted molar refractivity (Wildman–Crippen MR) is 93.5 cm³/mol. The van der Waals surface area contributed by atoms with Gasteiger partial charge in [0.15, 0.2) is 0 Å². The molecule has 0 bridgehead atoms. The molecule has 0 spiro atoms. The van der Waals surface area contributed by atoms with Crippen LogP contribution in [0.25, 0.3) is 0 Å². The zero-order valence-corrected chi connectivity index (χ0v) is 15.2. The quantitative estimate of drug-likeness (QED) is 0.749. The fourth-order valence-corrected chi connectivity index (χ4v) is 5.07. The first-order chi connectivity index (χ1) is 9.52. The van der Waals surface area contributed by atoms with E-state index < -0.39 is 0 Å². The molecule has 1 saturated carbocycles. The zero-order valence-electron chi connectivity index (χ0n) is 12.8. The van der Waals surface area contributed by atoms with Gasteiger partial charge in [-0.3, -0.25) is 0 Å². The van der Waals surface area contributed by atoms with E-state index in [0.717, 1.165) is 6.54 Å². The van der Waals surface area contributed by atoms with E-state index in [2.05, 4.69) is 66.3 Å². The van der Waals surface area contributed by atoms with Crippen molar-refractivity contribution in [2.24, 2.45) is 5.41 Å². The van der Waals surface area contributed by atoms with Crippen LogP contribution in [-0.4, -0.2) is 17.8 Å². The van der Waals surface area contributed by atoms with Gasteiger partial charge in [0.1, 0.15) is 0 Å². The highest BCUT2D eigenvalue weighted by Gasteiger charge is 2.35. The molecule has 1 N–H and O–H groups in total. The monoisotopic (exact) mass is 355 g/mol. The van der Waals surface area contributed by atoms with E-state index in [9.17, 15) is 0 Å². The molecular weight excluding hydrogens is 330 g/mol. The van der Waals surface area contributed by atoms with Gasteiger partial charge in [0.05, 0.1) is 0 Å². The van der Waals surface area contributed by atoms with Gasteiger partial charge >= 0.3 is 0 Å². The molecule has 0 radical (unpaired) electrons. The van der Waals surface area contributed by atoms with Crippen molar-refractivity contribution < 1.29 is 0 Å². The molecule has 1 aromatic rings. The van der Waals surface area contributed by atoms with E-state index >= 15 is 0 Å². The molecule has 1 fully saturated rings. The van der Waals surface area contributed by atoms with Crippen molar-refractivity contribution in [1.82, 2.24) is 5.32 Å². The first kappa shape index (κ1) is 16.4. The highest BCUT2D eigenvalue weighted by Crippen LogP contribution is 2.44. The first-order valence-electron chi connectivity index (χ1n) is 7.66. The lowest BCUT2D eigenvalue weighted by atomic mass is 9.75. The van der Waals surface area contributed by atoms with Crippen molar-refractivity contribution in [2.45, 2.75) is 62.6 Å². The summed E-state index contributed by atoms with van der Waals surface area (Å²) in [6.07, 6.45) is 5.14. The third kappa shape index (κ3) is 4.51. The molecule has 1 aliphatic rings. The van der Waals surface area contributed by atoms with E-state index in [1.807, 2.05) is 11.8 Å². The van der Waals surface area contributed by atoms with Crippen LogP contribution in [0.4, 0.5) is 0 Å². The van der Waals surface area contributed by atoms with Crippen molar-refractivity contribution in [2.75, 3.05) is 6.54 Å². The van der Waals surface area contributed by atoms with Gasteiger partial charge < -0.3 is 5.32 Å². The molecule has 1 aliphatic carbocycles. The maximum absolute atomic E-state index is 3.76. The van der Waals surface area contributed by atoms with Crippen LogP contribution in [0.15, 0.2) is 33.6 Å². The largest absolute Gasteiger partial charge is 0.313 e. The number of halogens is 1. The molecule has 2 atom stereocenters. The van der Waals surface area contributed by atoms with E-state index in [-0.39, 0.29) is 0 Å². The van der Waals surface area contributed by atoms with E-state index in [0.29, 0.717) is 16.7 Å². The second kappa shape index (κ2) is 7.33. The smallest absolute Gasteiger partial charge is 0.0311 e. The average molecular weight is 356 g/mol. The van der Waals surface area contributed by atoms with Crippen molar-refractivity contribution >= 4 is 27.7 Å². The summed E-state index contributed by atoms with van der Waals surface area (Å²) in [4.78, 5) is 1.37. The van der Waals surface area contributed by atoms with Gasteiger partial charge in [-0.2, -0.15) is 0 Å². The molecule has 0 heterocycles. The average Bonchev–Trinajstić information content (AvgIpc) is 2.40. The second-order valence-corrected chi connectivity index (χ2v) is 8.69. The van der Waals surface area contributed by atoms with Crippen LogP contribution >= 0.6 is 27.7 Å². The minimum absolute atomic E-state index is 0.476. The van der Waals surface area contributed by atoms with Crippen LogP contribution in [-0.2, 0) is 0 Å². The molecule has 0 aliphatic heterocycles. The Morgan fingerprint density at radius 2 is 2.10 bits per heavy atom. The third-order valence-corrected chi connectivity index (χ3v) is 6.47. The van der Waals surface area contributed by atoms with Crippen LogP contribution in [0.2, 0.25) is 0 Å². The van der Waals surface area contributed by atoms with E-state index in [4.69, 9.17) is 0 Å². The number of hydrogen-bond donors (Lipinski definition) is 1. The molecule has 3 heteroatoms. The summed E-state index contributed by atoms with van der Waals surface area (Å²) in [5.41, 5.74) is 0.476. The van der Waals surface area contributed by atoms with Crippen LogP contribution in [0.1, 0.15) is 46.5 Å². The number of thioether (sulfide) groups is 1. The Morgan fingerprint density at radius 3 is 2.80 bits per heavy atom. The molecule has 0 saturated heterocycles. The predicted octanol–water partition coefficient (Wildman–Crippen LogP) is 5.49. The van der Waals surface area contributed by atoms with Gasteiger partial charge in [0.25, 0.3) is 0 Å². The number of rotatable bonds is 5. The van der Waals surface area contributed by atoms with Gasteiger partial charge in [0.2, 0.25) is 0 Å². The topological polar surface area (TPSA) is 12.0 Å². The van der Waals surface area contributed by atoms with E-state index in [1.165, 1.54) is 35.1 Å². The Labute approximate surface area is 136 Å². The lowest BCUT2D eigenvalue weighted by molar-refractivity contribution is 0.214. The molecule has 112 valence electrons. The van der Waals surface area contributed by atoms with Crippen LogP contribution in [0.5, 0.6) is 0 Å². The second-order valence-electron chi connectivity index (χ2n) is 6.55. The van der Waals surface area contributed by atoms with Crippen molar-refractivity contribution in [1.29, 1.82) is 0 Å². The molecule has 2 rings (SSSR count). The van der Waals surface area contributed by atoms with Gasteiger partial charge in [-0.25, -0.2) is 0 Å². The highest BCUT2D eigenvalue weighted by atomic mass is 79.9. The molecule has 20 heavy (non-hydrogen) atoms. The van der Waals surface area contributed by atoms with Crippen molar-refractivity contribution in [3.63, 3.8) is 0 Å². The van der Waals surface area contributed by atoms with Gasteiger partial charge in [0, 0.05) is 20.7 Å². The number of hydrogen-bond acceptors (Lipinski definition) is 2. The summed E-state index contributed by atoms with van der Waals surface area (Å²) in [6, 6.07) is 9.25. The van der Waals surface area contributed by atoms with Crippen LogP contribution in [0, 0.1) is 5.41 Å². The Balaban J connectivity index is 2.08. The fraction of sp³-hybridized carbons (Fsp3) is 0.647. The Kier molecular flexibility index (Phi) is 6.00. The summed E-state index contributed by atoms with van der Waals surface area (Å²) < 4.78 is 1.22. The van der Waals surface area contributed by atoms with Gasteiger partial charge in [-0.05, 0) is 65.7 Å². The normalized spacial score (nSPS) is 25.6. The third-order valence-electron chi connectivity index (χ3n) is 4.11. The minimum atomic E-state index is 0.476. The maximum atomic E-state index is 3.76. The van der Waals surface area contributed by atoms with Crippen molar-refractivity contribution in [3.05, 3.63) is 28.7 Å². The highest BCUT2D eigenvalue weighted by molar-refractivity contribution is 9.10. The molecule has 1 aromatic carbocycles. The first-order valence-corrected chi connectivity index (χ1v) is 9.34. The fourth-order valence-electron chi connectivity index (χ4n) is 2.91. The summed E-state index contributed by atoms with van der Waals surface area (Å²) in [7, 11) is 0. The van der Waals surface area contributed by atoms with E-state index in [1.54, 1.807) is 0 Å². The van der Waals surface area contributed by atoms with Crippen LogP contribution in [0.3, 0.4) is 0 Å². The minimum Gasteiger partial charge on any atom is -0.313 e. The Hall–Kier alpha value is 0.01000. The zero-order chi connectivity index (χ0) is 14.6. The number of nitrogens with one attached hydrogen (secondary N) is 1. The molecule has 0 aromatic heterocycles. The van der Waals surface area contributed by atoms with Crippen molar-refractivity contribution in [3.8, 4) is 0 Å². The molecular formula is C17H26BrNS. The Bertz CT molecular complexity index is 433. The summed E-state index contributed by atoms with van der Waals surface area (Å²) in [6.45, 7) is 8.21. The Morgan fingerprint density at radius 1 is 1.35 bits per heavy atom. The van der Waals surface area contributed by atoms with Gasteiger partial charge in [-0.15, -0.1) is 11.8 Å². The summed E-state index contributed by atoms with van der Waals surface area (Å²) >= 11 is 5.73. The van der Waals surface area contributed by atoms with Gasteiger partial charge in [-0.1, -0.05) is 32.9 Å². The lowest BCUT2D eigenvalue weighted by Crippen LogP contribution is -2.45. The summed E-state index contributed by atoms with van der Waals surface area (Å²) in [5, 5.41) is 4.43.